The van der Waals surface area contributed by atoms with Gasteiger partial charge in [-0.05, 0) is 55.1 Å². The number of nitrogens with one attached hydrogen (secondary N) is 2. The minimum atomic E-state index is -0.422. The van der Waals surface area contributed by atoms with E-state index >= 15 is 0 Å². The van der Waals surface area contributed by atoms with Crippen LogP contribution >= 0.6 is 23.2 Å². The standard InChI is InChI=1S/C17H23ClN2O.C6H5Cl/c1-3-11(4-2)15-17(8-5-9-19-15)13-7-6-12(18)10-14(13)20-16(17)21;7-6-4-2-1-3-5-6/h6-7,10-11,15,19H,3-5,8-9H2,1-2H3,(H,20,21);1-5H/t15?,17-;/m1./s1. The Bertz CT molecular complexity index is 808. The van der Waals surface area contributed by atoms with E-state index in [-0.39, 0.29) is 11.9 Å². The van der Waals surface area contributed by atoms with E-state index in [0.717, 1.165) is 48.5 Å². The zero-order valence-corrected chi connectivity index (χ0v) is 18.0. The maximum Gasteiger partial charge on any atom is 0.236 e. The fourth-order valence-corrected chi connectivity index (χ4v) is 4.94. The third-order valence-corrected chi connectivity index (χ3v) is 6.50. The average molecular weight is 419 g/mol. The molecule has 4 rings (SSSR count). The first-order valence-electron chi connectivity index (χ1n) is 10.1. The van der Waals surface area contributed by atoms with Crippen molar-refractivity contribution in [2.75, 3.05) is 11.9 Å². The van der Waals surface area contributed by atoms with Crippen LogP contribution in [0.1, 0.15) is 45.1 Å². The number of rotatable bonds is 3. The molecular weight excluding hydrogens is 391 g/mol. The fraction of sp³-hybridized carbons (Fsp3) is 0.435. The summed E-state index contributed by atoms with van der Waals surface area (Å²) in [5.41, 5.74) is 1.60. The van der Waals surface area contributed by atoms with Crippen molar-refractivity contribution in [3.8, 4) is 0 Å². The van der Waals surface area contributed by atoms with Gasteiger partial charge in [0.25, 0.3) is 0 Å². The zero-order chi connectivity index (χ0) is 20.1. The van der Waals surface area contributed by atoms with Crippen LogP contribution in [-0.4, -0.2) is 18.5 Å². The number of hydrogen-bond donors (Lipinski definition) is 2. The predicted molar refractivity (Wildman–Crippen MR) is 118 cm³/mol. The van der Waals surface area contributed by atoms with Crippen LogP contribution in [0.3, 0.4) is 0 Å². The molecule has 0 radical (unpaired) electrons. The van der Waals surface area contributed by atoms with Gasteiger partial charge in [0.2, 0.25) is 5.91 Å². The molecule has 1 amide bonds. The number of carbonyl (C=O) groups is 1. The van der Waals surface area contributed by atoms with Crippen LogP contribution in [-0.2, 0) is 10.2 Å². The minimum absolute atomic E-state index is 0.142. The maximum absolute atomic E-state index is 12.9. The van der Waals surface area contributed by atoms with Gasteiger partial charge in [-0.15, -0.1) is 0 Å². The Labute approximate surface area is 177 Å². The van der Waals surface area contributed by atoms with Crippen LogP contribution in [0.25, 0.3) is 0 Å². The SMILES string of the molecule is CCC(CC)C1NCCC[C@]12C(=O)Nc1cc(Cl)ccc12.Clc1ccccc1. The maximum atomic E-state index is 12.9. The van der Waals surface area contributed by atoms with Gasteiger partial charge in [-0.1, -0.05) is 74.2 Å². The molecule has 5 heteroatoms. The Balaban J connectivity index is 0.000000271. The largest absolute Gasteiger partial charge is 0.325 e. The van der Waals surface area contributed by atoms with Crippen molar-refractivity contribution in [2.24, 2.45) is 5.92 Å². The van der Waals surface area contributed by atoms with E-state index in [9.17, 15) is 4.79 Å². The van der Waals surface area contributed by atoms with Gasteiger partial charge in [0.1, 0.15) is 0 Å². The Hall–Kier alpha value is -1.55. The third-order valence-electron chi connectivity index (χ3n) is 6.01. The summed E-state index contributed by atoms with van der Waals surface area (Å²) in [6.45, 7) is 5.43. The van der Waals surface area contributed by atoms with Crippen LogP contribution < -0.4 is 10.6 Å². The molecule has 2 N–H and O–H groups in total. The molecule has 1 fully saturated rings. The van der Waals surface area contributed by atoms with Gasteiger partial charge in [-0.25, -0.2) is 0 Å². The van der Waals surface area contributed by atoms with Gasteiger partial charge in [0, 0.05) is 21.8 Å². The lowest BCUT2D eigenvalue weighted by Gasteiger charge is -2.44. The van der Waals surface area contributed by atoms with Gasteiger partial charge in [-0.3, -0.25) is 4.79 Å². The molecule has 2 aliphatic rings. The number of amides is 1. The van der Waals surface area contributed by atoms with Gasteiger partial charge in [-0.2, -0.15) is 0 Å². The van der Waals surface area contributed by atoms with Crippen molar-refractivity contribution in [3.63, 3.8) is 0 Å². The number of piperidine rings is 1. The number of anilines is 1. The van der Waals surface area contributed by atoms with Crippen LogP contribution in [0.15, 0.2) is 48.5 Å². The van der Waals surface area contributed by atoms with Crippen LogP contribution in [0.4, 0.5) is 5.69 Å². The zero-order valence-electron chi connectivity index (χ0n) is 16.5. The molecule has 2 aromatic carbocycles. The molecule has 3 nitrogen and oxygen atoms in total. The van der Waals surface area contributed by atoms with Crippen molar-refractivity contribution in [3.05, 3.63) is 64.1 Å². The van der Waals surface area contributed by atoms with Gasteiger partial charge in [0.05, 0.1) is 5.41 Å². The summed E-state index contributed by atoms with van der Waals surface area (Å²) in [6.07, 6.45) is 4.13. The van der Waals surface area contributed by atoms with E-state index in [2.05, 4.69) is 24.5 Å². The normalized spacial score (nSPS) is 23.2. The summed E-state index contributed by atoms with van der Waals surface area (Å²) >= 11 is 11.6. The number of halogens is 2. The molecule has 0 aromatic heterocycles. The summed E-state index contributed by atoms with van der Waals surface area (Å²) in [5.74, 6) is 0.654. The Morgan fingerprint density at radius 2 is 1.79 bits per heavy atom. The van der Waals surface area contributed by atoms with Crippen LogP contribution in [0.5, 0.6) is 0 Å². The first-order chi connectivity index (χ1) is 13.5. The van der Waals surface area contributed by atoms with Gasteiger partial charge < -0.3 is 10.6 Å². The summed E-state index contributed by atoms with van der Waals surface area (Å²) in [5, 5.41) is 8.18. The number of hydrogen-bond acceptors (Lipinski definition) is 2. The van der Waals surface area contributed by atoms with Crippen molar-refractivity contribution in [2.45, 2.75) is 51.0 Å². The van der Waals surface area contributed by atoms with Crippen LogP contribution in [0, 0.1) is 5.92 Å². The van der Waals surface area contributed by atoms with Gasteiger partial charge >= 0.3 is 0 Å². The molecule has 1 saturated heterocycles. The smallest absolute Gasteiger partial charge is 0.236 e. The molecule has 2 atom stereocenters. The number of benzene rings is 2. The lowest BCUT2D eigenvalue weighted by molar-refractivity contribution is -0.123. The molecule has 150 valence electrons. The molecule has 28 heavy (non-hydrogen) atoms. The summed E-state index contributed by atoms with van der Waals surface area (Å²) in [7, 11) is 0. The highest BCUT2D eigenvalue weighted by atomic mass is 35.5. The highest BCUT2D eigenvalue weighted by molar-refractivity contribution is 6.31. The molecule has 1 spiro atoms. The summed E-state index contributed by atoms with van der Waals surface area (Å²) in [6, 6.07) is 15.5. The average Bonchev–Trinajstić information content (AvgIpc) is 2.96. The van der Waals surface area contributed by atoms with E-state index in [1.54, 1.807) is 0 Å². The molecule has 2 aliphatic heterocycles. The van der Waals surface area contributed by atoms with Crippen molar-refractivity contribution in [1.29, 1.82) is 0 Å². The summed E-state index contributed by atoms with van der Waals surface area (Å²) in [4.78, 5) is 12.9. The molecule has 2 heterocycles. The van der Waals surface area contributed by atoms with E-state index < -0.39 is 5.41 Å². The third kappa shape index (κ3) is 4.07. The first kappa shape index (κ1) is 21.2. The molecule has 2 aromatic rings. The highest BCUT2D eigenvalue weighted by Crippen LogP contribution is 2.48. The van der Waals surface area contributed by atoms with E-state index in [0.29, 0.717) is 10.9 Å². The first-order valence-corrected chi connectivity index (χ1v) is 10.8. The lowest BCUT2D eigenvalue weighted by atomic mass is 9.65. The second kappa shape index (κ2) is 9.30. The Kier molecular flexibility index (Phi) is 7.03. The summed E-state index contributed by atoms with van der Waals surface area (Å²) < 4.78 is 0. The molecule has 0 bridgehead atoms. The second-order valence-corrected chi connectivity index (χ2v) is 8.40. The fourth-order valence-electron chi connectivity index (χ4n) is 4.62. The second-order valence-electron chi connectivity index (χ2n) is 7.52. The predicted octanol–water partition coefficient (Wildman–Crippen LogP) is 6.06. The highest BCUT2D eigenvalue weighted by Gasteiger charge is 2.54. The molecular formula is C23H28Cl2N2O. The quantitative estimate of drug-likeness (QED) is 0.635. The monoisotopic (exact) mass is 418 g/mol. The van der Waals surface area contributed by atoms with Gasteiger partial charge in [0.15, 0.2) is 0 Å². The number of fused-ring (bicyclic) bond motifs is 2. The minimum Gasteiger partial charge on any atom is -0.325 e. The van der Waals surface area contributed by atoms with Crippen LogP contribution in [0.2, 0.25) is 10.0 Å². The number of carbonyl (C=O) groups excluding carboxylic acids is 1. The van der Waals surface area contributed by atoms with Crippen molar-refractivity contribution >= 4 is 34.8 Å². The lowest BCUT2D eigenvalue weighted by Crippen LogP contribution is -2.59. The van der Waals surface area contributed by atoms with E-state index in [1.807, 2.05) is 48.5 Å². The van der Waals surface area contributed by atoms with E-state index in [4.69, 9.17) is 23.2 Å². The molecule has 0 aliphatic carbocycles. The molecule has 1 unspecified atom stereocenters. The van der Waals surface area contributed by atoms with Crippen molar-refractivity contribution < 1.29 is 4.79 Å². The topological polar surface area (TPSA) is 41.1 Å². The van der Waals surface area contributed by atoms with Crippen molar-refractivity contribution in [1.82, 2.24) is 5.32 Å². The van der Waals surface area contributed by atoms with E-state index in [1.165, 1.54) is 0 Å². The Morgan fingerprint density at radius 1 is 1.07 bits per heavy atom. The molecule has 0 saturated carbocycles. The Morgan fingerprint density at radius 3 is 2.39 bits per heavy atom.